The van der Waals surface area contributed by atoms with E-state index in [1.54, 1.807) is 0 Å². The van der Waals surface area contributed by atoms with Crippen molar-refractivity contribution in [2.75, 3.05) is 13.6 Å². The van der Waals surface area contributed by atoms with E-state index in [4.69, 9.17) is 11.6 Å². The Morgan fingerprint density at radius 2 is 1.86 bits per heavy atom. The SMILES string of the molecule is CNCCc1c(C)cc(C)c(Cl)c1C. The molecule has 0 saturated carbocycles. The molecule has 0 aromatic heterocycles. The van der Waals surface area contributed by atoms with Gasteiger partial charge in [0.15, 0.2) is 0 Å². The van der Waals surface area contributed by atoms with Crippen molar-refractivity contribution in [3.05, 3.63) is 33.3 Å². The number of halogens is 1. The van der Waals surface area contributed by atoms with Crippen molar-refractivity contribution < 1.29 is 0 Å². The van der Waals surface area contributed by atoms with Crippen LogP contribution in [-0.2, 0) is 6.42 Å². The van der Waals surface area contributed by atoms with E-state index in [0.717, 1.165) is 18.0 Å². The number of aryl methyl sites for hydroxylation is 2. The zero-order valence-corrected chi connectivity index (χ0v) is 10.1. The van der Waals surface area contributed by atoms with Gasteiger partial charge in [-0.3, -0.25) is 0 Å². The van der Waals surface area contributed by atoms with Gasteiger partial charge in [0.25, 0.3) is 0 Å². The Balaban J connectivity index is 3.09. The van der Waals surface area contributed by atoms with Crippen molar-refractivity contribution in [1.82, 2.24) is 5.32 Å². The van der Waals surface area contributed by atoms with Crippen molar-refractivity contribution in [1.29, 1.82) is 0 Å². The van der Waals surface area contributed by atoms with E-state index in [2.05, 4.69) is 32.2 Å². The number of benzene rings is 1. The molecule has 0 unspecified atom stereocenters. The number of hydrogen-bond donors (Lipinski definition) is 1. The molecule has 0 radical (unpaired) electrons. The van der Waals surface area contributed by atoms with Gasteiger partial charge < -0.3 is 5.32 Å². The molecule has 0 saturated heterocycles. The Labute approximate surface area is 91.5 Å². The van der Waals surface area contributed by atoms with Crippen LogP contribution in [0.25, 0.3) is 0 Å². The molecule has 1 aromatic rings. The van der Waals surface area contributed by atoms with Crippen LogP contribution in [-0.4, -0.2) is 13.6 Å². The molecule has 0 aliphatic rings. The monoisotopic (exact) mass is 211 g/mol. The highest BCUT2D eigenvalue weighted by Crippen LogP contribution is 2.26. The molecule has 0 bridgehead atoms. The summed E-state index contributed by atoms with van der Waals surface area (Å²) in [7, 11) is 1.97. The lowest BCUT2D eigenvalue weighted by molar-refractivity contribution is 0.785. The third-order valence-corrected chi connectivity index (χ3v) is 3.24. The van der Waals surface area contributed by atoms with Crippen molar-refractivity contribution in [2.24, 2.45) is 0 Å². The van der Waals surface area contributed by atoms with Crippen molar-refractivity contribution >= 4 is 11.6 Å². The van der Waals surface area contributed by atoms with E-state index >= 15 is 0 Å². The predicted molar refractivity (Wildman–Crippen MR) is 63.3 cm³/mol. The van der Waals surface area contributed by atoms with E-state index < -0.39 is 0 Å². The average Bonchev–Trinajstić information content (AvgIpc) is 2.14. The molecule has 0 heterocycles. The van der Waals surface area contributed by atoms with Crippen molar-refractivity contribution in [3.8, 4) is 0 Å². The zero-order chi connectivity index (χ0) is 10.7. The minimum atomic E-state index is 0.918. The molecule has 1 rings (SSSR count). The minimum absolute atomic E-state index is 0.918. The van der Waals surface area contributed by atoms with Crippen LogP contribution in [0.3, 0.4) is 0 Å². The molecule has 0 fully saturated rings. The standard InChI is InChI=1S/C12H18ClN/c1-8-7-9(2)12(13)10(3)11(8)5-6-14-4/h7,14H,5-6H2,1-4H3. The van der Waals surface area contributed by atoms with Crippen LogP contribution in [0.1, 0.15) is 22.3 Å². The third kappa shape index (κ3) is 2.28. The van der Waals surface area contributed by atoms with Crippen LogP contribution in [0.5, 0.6) is 0 Å². The van der Waals surface area contributed by atoms with Gasteiger partial charge in [0.05, 0.1) is 0 Å². The molecule has 0 spiro atoms. The fourth-order valence-electron chi connectivity index (χ4n) is 1.83. The maximum absolute atomic E-state index is 6.21. The molecule has 2 heteroatoms. The first-order valence-electron chi connectivity index (χ1n) is 4.97. The van der Waals surface area contributed by atoms with Gasteiger partial charge in [0, 0.05) is 5.02 Å². The van der Waals surface area contributed by atoms with Gasteiger partial charge in [-0.05, 0) is 63.0 Å². The predicted octanol–water partition coefficient (Wildman–Crippen LogP) is 3.03. The number of nitrogens with one attached hydrogen (secondary N) is 1. The molecule has 1 N–H and O–H groups in total. The minimum Gasteiger partial charge on any atom is -0.319 e. The smallest absolute Gasteiger partial charge is 0.0467 e. The fourth-order valence-corrected chi connectivity index (χ4v) is 2.00. The summed E-state index contributed by atoms with van der Waals surface area (Å²) in [6.07, 6.45) is 1.05. The quantitative estimate of drug-likeness (QED) is 0.811. The summed E-state index contributed by atoms with van der Waals surface area (Å²) in [5, 5.41) is 4.08. The van der Waals surface area contributed by atoms with Gasteiger partial charge in [0.1, 0.15) is 0 Å². The second-order valence-corrected chi connectivity index (χ2v) is 4.16. The fraction of sp³-hybridized carbons (Fsp3) is 0.500. The summed E-state index contributed by atoms with van der Waals surface area (Å²) in [4.78, 5) is 0. The average molecular weight is 212 g/mol. The highest BCUT2D eigenvalue weighted by atomic mass is 35.5. The van der Waals surface area contributed by atoms with Crippen LogP contribution < -0.4 is 5.32 Å². The first-order chi connectivity index (χ1) is 6.57. The lowest BCUT2D eigenvalue weighted by atomic mass is 9.97. The molecule has 78 valence electrons. The van der Waals surface area contributed by atoms with Gasteiger partial charge in [0.2, 0.25) is 0 Å². The van der Waals surface area contributed by atoms with Crippen molar-refractivity contribution in [2.45, 2.75) is 27.2 Å². The third-order valence-electron chi connectivity index (χ3n) is 2.66. The molecule has 1 nitrogen and oxygen atoms in total. The van der Waals surface area contributed by atoms with Crippen molar-refractivity contribution in [3.63, 3.8) is 0 Å². The van der Waals surface area contributed by atoms with Gasteiger partial charge in [-0.15, -0.1) is 0 Å². The molecular formula is C12H18ClN. The van der Waals surface area contributed by atoms with Gasteiger partial charge in [-0.2, -0.15) is 0 Å². The Hall–Kier alpha value is -0.530. The summed E-state index contributed by atoms with van der Waals surface area (Å²) in [6.45, 7) is 7.32. The summed E-state index contributed by atoms with van der Waals surface area (Å²) >= 11 is 6.21. The molecule has 1 aromatic carbocycles. The van der Waals surface area contributed by atoms with Crippen LogP contribution in [0.4, 0.5) is 0 Å². The summed E-state index contributed by atoms with van der Waals surface area (Å²) in [6, 6.07) is 2.17. The second kappa shape index (κ2) is 4.81. The molecule has 14 heavy (non-hydrogen) atoms. The van der Waals surface area contributed by atoms with E-state index in [1.165, 1.54) is 22.3 Å². The van der Waals surface area contributed by atoms with E-state index in [-0.39, 0.29) is 0 Å². The normalized spacial score (nSPS) is 10.6. The molecule has 0 amide bonds. The maximum Gasteiger partial charge on any atom is 0.0467 e. The van der Waals surface area contributed by atoms with Crippen LogP contribution in [0.2, 0.25) is 5.02 Å². The summed E-state index contributed by atoms with van der Waals surface area (Å²) in [5.74, 6) is 0. The second-order valence-electron chi connectivity index (χ2n) is 3.78. The Kier molecular flexibility index (Phi) is 3.97. The summed E-state index contributed by atoms with van der Waals surface area (Å²) in [5.41, 5.74) is 5.14. The zero-order valence-electron chi connectivity index (χ0n) is 9.37. The summed E-state index contributed by atoms with van der Waals surface area (Å²) < 4.78 is 0. The molecule has 0 aliphatic carbocycles. The van der Waals surface area contributed by atoms with Gasteiger partial charge in [-0.25, -0.2) is 0 Å². The molecular weight excluding hydrogens is 194 g/mol. The first-order valence-corrected chi connectivity index (χ1v) is 5.35. The number of likely N-dealkylation sites (N-methyl/N-ethyl adjacent to an activating group) is 1. The lowest BCUT2D eigenvalue weighted by Crippen LogP contribution is -2.12. The largest absolute Gasteiger partial charge is 0.319 e. The highest BCUT2D eigenvalue weighted by molar-refractivity contribution is 6.32. The van der Waals surface area contributed by atoms with Gasteiger partial charge in [-0.1, -0.05) is 17.7 Å². The maximum atomic E-state index is 6.21. The molecule has 0 atom stereocenters. The number of hydrogen-bond acceptors (Lipinski definition) is 1. The molecule has 0 aliphatic heterocycles. The van der Waals surface area contributed by atoms with E-state index in [9.17, 15) is 0 Å². The van der Waals surface area contributed by atoms with E-state index in [1.807, 2.05) is 7.05 Å². The first kappa shape index (κ1) is 11.5. The van der Waals surface area contributed by atoms with E-state index in [0.29, 0.717) is 0 Å². The topological polar surface area (TPSA) is 12.0 Å². The Morgan fingerprint density at radius 3 is 2.43 bits per heavy atom. The van der Waals surface area contributed by atoms with Crippen LogP contribution >= 0.6 is 11.6 Å². The Bertz CT molecular complexity index is 332. The lowest BCUT2D eigenvalue weighted by Gasteiger charge is -2.13. The highest BCUT2D eigenvalue weighted by Gasteiger charge is 2.08. The Morgan fingerprint density at radius 1 is 1.21 bits per heavy atom. The van der Waals surface area contributed by atoms with Crippen LogP contribution in [0, 0.1) is 20.8 Å². The van der Waals surface area contributed by atoms with Gasteiger partial charge >= 0.3 is 0 Å². The van der Waals surface area contributed by atoms with Crippen LogP contribution in [0.15, 0.2) is 6.07 Å². The number of rotatable bonds is 3.